The van der Waals surface area contributed by atoms with Gasteiger partial charge in [-0.3, -0.25) is 4.79 Å². The number of methoxy groups -OCH3 is 1. The molecule has 0 bridgehead atoms. The Morgan fingerprint density at radius 1 is 1.47 bits per heavy atom. The number of hydrogen-bond acceptors (Lipinski definition) is 3. The average Bonchev–Trinajstić information content (AvgIpc) is 3.09. The number of aliphatic carboxylic acids is 1. The topological polar surface area (TPSA) is 55.8 Å². The lowest BCUT2D eigenvalue weighted by atomic mass is 9.91. The highest BCUT2D eigenvalue weighted by Crippen LogP contribution is 2.57. The van der Waals surface area contributed by atoms with Crippen LogP contribution in [0, 0.1) is 0 Å². The fraction of sp³-hybridized carbons (Fsp3) is 0.500. The number of carboxylic acids is 1. The number of halogens is 1. The van der Waals surface area contributed by atoms with Crippen molar-refractivity contribution in [3.63, 3.8) is 0 Å². The van der Waals surface area contributed by atoms with Crippen LogP contribution < -0.4 is 9.47 Å². The summed E-state index contributed by atoms with van der Waals surface area (Å²) in [5.41, 5.74) is 0.375. The molecule has 0 aliphatic heterocycles. The third-order valence-electron chi connectivity index (χ3n) is 3.45. The molecule has 0 aromatic heterocycles. The standard InChI is InChI=1S/C14H17ClO4/c1-3-19-13-10(18-2)5-4-9(15)12(13)14(6-7-14)8-11(16)17/h4-5H,3,6-8H2,1-2H3,(H,16,17). The molecule has 1 aromatic rings. The van der Waals surface area contributed by atoms with E-state index >= 15 is 0 Å². The first-order valence-corrected chi connectivity index (χ1v) is 6.63. The van der Waals surface area contributed by atoms with Crippen molar-refractivity contribution >= 4 is 17.6 Å². The molecule has 19 heavy (non-hydrogen) atoms. The molecule has 1 aliphatic rings. The van der Waals surface area contributed by atoms with Gasteiger partial charge < -0.3 is 14.6 Å². The van der Waals surface area contributed by atoms with Crippen LogP contribution in [0.25, 0.3) is 0 Å². The van der Waals surface area contributed by atoms with Crippen LogP contribution >= 0.6 is 11.6 Å². The molecule has 0 spiro atoms. The van der Waals surface area contributed by atoms with E-state index in [1.54, 1.807) is 19.2 Å². The molecule has 0 amide bonds. The Morgan fingerprint density at radius 3 is 2.63 bits per heavy atom. The summed E-state index contributed by atoms with van der Waals surface area (Å²) >= 11 is 6.27. The summed E-state index contributed by atoms with van der Waals surface area (Å²) in [5, 5.41) is 9.62. The van der Waals surface area contributed by atoms with E-state index in [9.17, 15) is 4.79 Å². The van der Waals surface area contributed by atoms with Crippen LogP contribution in [0.2, 0.25) is 5.02 Å². The largest absolute Gasteiger partial charge is 0.493 e. The second kappa shape index (κ2) is 5.29. The summed E-state index contributed by atoms with van der Waals surface area (Å²) in [6.07, 6.45) is 1.69. The SMILES string of the molecule is CCOc1c(OC)ccc(Cl)c1C1(CC(=O)O)CC1. The number of benzene rings is 1. The Morgan fingerprint density at radius 2 is 2.16 bits per heavy atom. The number of rotatable bonds is 6. The predicted molar refractivity (Wildman–Crippen MR) is 72.3 cm³/mol. The van der Waals surface area contributed by atoms with Crippen molar-refractivity contribution in [2.45, 2.75) is 31.6 Å². The normalized spacial score (nSPS) is 15.9. The Bertz CT molecular complexity index is 494. The monoisotopic (exact) mass is 284 g/mol. The maximum absolute atomic E-state index is 11.0. The summed E-state index contributed by atoms with van der Waals surface area (Å²) in [5.74, 6) is 0.355. The van der Waals surface area contributed by atoms with Gasteiger partial charge in [-0.2, -0.15) is 0 Å². The maximum atomic E-state index is 11.0. The van der Waals surface area contributed by atoms with Crippen molar-refractivity contribution in [1.29, 1.82) is 0 Å². The second-order valence-corrected chi connectivity index (χ2v) is 5.14. The summed E-state index contributed by atoms with van der Waals surface area (Å²) in [6, 6.07) is 3.48. The van der Waals surface area contributed by atoms with E-state index in [0.717, 1.165) is 18.4 Å². The van der Waals surface area contributed by atoms with Crippen molar-refractivity contribution < 1.29 is 19.4 Å². The van der Waals surface area contributed by atoms with Crippen molar-refractivity contribution in [3.05, 3.63) is 22.7 Å². The van der Waals surface area contributed by atoms with Gasteiger partial charge in [0.25, 0.3) is 0 Å². The van der Waals surface area contributed by atoms with E-state index < -0.39 is 11.4 Å². The zero-order valence-corrected chi connectivity index (χ0v) is 11.8. The predicted octanol–water partition coefficient (Wildman–Crippen LogP) is 3.25. The van der Waals surface area contributed by atoms with Gasteiger partial charge in [0.1, 0.15) is 0 Å². The van der Waals surface area contributed by atoms with E-state index in [1.165, 1.54) is 0 Å². The Kier molecular flexibility index (Phi) is 3.90. The van der Waals surface area contributed by atoms with Crippen LogP contribution in [0.1, 0.15) is 31.7 Å². The maximum Gasteiger partial charge on any atom is 0.304 e. The van der Waals surface area contributed by atoms with Gasteiger partial charge in [-0.05, 0) is 31.9 Å². The van der Waals surface area contributed by atoms with E-state index in [0.29, 0.717) is 23.1 Å². The molecule has 1 saturated carbocycles. The Hall–Kier alpha value is -1.42. The van der Waals surface area contributed by atoms with E-state index in [-0.39, 0.29) is 6.42 Å². The minimum Gasteiger partial charge on any atom is -0.493 e. The van der Waals surface area contributed by atoms with Crippen LogP contribution in [0.3, 0.4) is 0 Å². The lowest BCUT2D eigenvalue weighted by Gasteiger charge is -2.21. The summed E-state index contributed by atoms with van der Waals surface area (Å²) in [6.45, 7) is 2.35. The summed E-state index contributed by atoms with van der Waals surface area (Å²) in [7, 11) is 1.56. The Labute approximate surface area is 117 Å². The van der Waals surface area contributed by atoms with Crippen LogP contribution in [0.4, 0.5) is 0 Å². The first kappa shape index (κ1) is 14.0. The number of carbonyl (C=O) groups is 1. The smallest absolute Gasteiger partial charge is 0.304 e. The van der Waals surface area contributed by atoms with E-state index in [4.69, 9.17) is 26.2 Å². The first-order chi connectivity index (χ1) is 9.04. The average molecular weight is 285 g/mol. The number of hydrogen-bond donors (Lipinski definition) is 1. The first-order valence-electron chi connectivity index (χ1n) is 6.25. The molecule has 0 unspecified atom stereocenters. The Balaban J connectivity index is 2.51. The molecule has 104 valence electrons. The molecule has 1 aromatic carbocycles. The minimum absolute atomic E-state index is 0.0694. The molecule has 1 aliphatic carbocycles. The highest BCUT2D eigenvalue weighted by Gasteiger charge is 2.49. The van der Waals surface area contributed by atoms with Gasteiger partial charge in [-0.15, -0.1) is 0 Å². The second-order valence-electron chi connectivity index (χ2n) is 4.74. The van der Waals surface area contributed by atoms with Crippen LogP contribution in [0.15, 0.2) is 12.1 Å². The molecule has 5 heteroatoms. The highest BCUT2D eigenvalue weighted by atomic mass is 35.5. The molecule has 1 N–H and O–H groups in total. The fourth-order valence-corrected chi connectivity index (χ4v) is 2.79. The number of ether oxygens (including phenoxy) is 2. The number of carboxylic acid groups (broad SMARTS) is 1. The molecule has 0 atom stereocenters. The molecule has 0 radical (unpaired) electrons. The molecule has 0 saturated heterocycles. The van der Waals surface area contributed by atoms with Gasteiger partial charge >= 0.3 is 5.97 Å². The third kappa shape index (κ3) is 2.63. The van der Waals surface area contributed by atoms with Crippen molar-refractivity contribution in [2.24, 2.45) is 0 Å². The molecule has 0 heterocycles. The van der Waals surface area contributed by atoms with Crippen LogP contribution in [-0.4, -0.2) is 24.8 Å². The zero-order valence-electron chi connectivity index (χ0n) is 11.0. The fourth-order valence-electron chi connectivity index (χ4n) is 2.44. The van der Waals surface area contributed by atoms with Crippen molar-refractivity contribution in [1.82, 2.24) is 0 Å². The van der Waals surface area contributed by atoms with Crippen LogP contribution in [0.5, 0.6) is 11.5 Å². The zero-order chi connectivity index (χ0) is 14.0. The minimum atomic E-state index is -0.821. The molecule has 1 fully saturated rings. The van der Waals surface area contributed by atoms with E-state index in [2.05, 4.69) is 0 Å². The lowest BCUT2D eigenvalue weighted by molar-refractivity contribution is -0.137. The molecular weight excluding hydrogens is 268 g/mol. The molecule has 4 nitrogen and oxygen atoms in total. The summed E-state index contributed by atoms with van der Waals surface area (Å²) < 4.78 is 10.9. The van der Waals surface area contributed by atoms with Gasteiger partial charge in [0.2, 0.25) is 0 Å². The van der Waals surface area contributed by atoms with Gasteiger partial charge in [0.05, 0.1) is 20.1 Å². The van der Waals surface area contributed by atoms with E-state index in [1.807, 2.05) is 6.92 Å². The van der Waals surface area contributed by atoms with Gasteiger partial charge in [-0.25, -0.2) is 0 Å². The van der Waals surface area contributed by atoms with Gasteiger partial charge in [0, 0.05) is 16.0 Å². The van der Waals surface area contributed by atoms with Gasteiger partial charge in [-0.1, -0.05) is 11.6 Å². The lowest BCUT2D eigenvalue weighted by Crippen LogP contribution is -2.15. The molecule has 2 rings (SSSR count). The third-order valence-corrected chi connectivity index (χ3v) is 3.77. The summed E-state index contributed by atoms with van der Waals surface area (Å²) in [4.78, 5) is 11.0. The quantitative estimate of drug-likeness (QED) is 0.871. The highest BCUT2D eigenvalue weighted by molar-refractivity contribution is 6.31. The van der Waals surface area contributed by atoms with Gasteiger partial charge in [0.15, 0.2) is 11.5 Å². The van der Waals surface area contributed by atoms with Crippen LogP contribution in [-0.2, 0) is 10.2 Å². The molecular formula is C14H17ClO4. The van der Waals surface area contributed by atoms with Crippen molar-refractivity contribution in [3.8, 4) is 11.5 Å². The van der Waals surface area contributed by atoms with Crippen molar-refractivity contribution in [2.75, 3.05) is 13.7 Å².